The lowest BCUT2D eigenvalue weighted by molar-refractivity contribution is -0.114. The van der Waals surface area contributed by atoms with Crippen LogP contribution >= 0.6 is 0 Å². The number of hydrogen-bond donors (Lipinski definition) is 1. The van der Waals surface area contributed by atoms with Crippen molar-refractivity contribution in [3.05, 3.63) is 29.6 Å². The highest BCUT2D eigenvalue weighted by Gasteiger charge is 2.14. The van der Waals surface area contributed by atoms with Crippen LogP contribution in [-0.2, 0) is 4.79 Å². The Bertz CT molecular complexity index is 351. The normalized spacial score (nSPS) is 9.85. The van der Waals surface area contributed by atoms with Crippen LogP contribution in [0.3, 0.4) is 0 Å². The van der Waals surface area contributed by atoms with E-state index in [9.17, 15) is 18.0 Å². The Balaban J connectivity index is 3.17. The number of hydrogen-bond acceptors (Lipinski definition) is 1. The van der Waals surface area contributed by atoms with Gasteiger partial charge in [0.05, 0.1) is 0 Å². The number of benzene rings is 1. The topological polar surface area (TPSA) is 29.1 Å². The largest absolute Gasteiger partial charge is 0.321 e. The Kier molecular flexibility index (Phi) is 2.55. The van der Waals surface area contributed by atoms with Gasteiger partial charge < -0.3 is 5.32 Å². The summed E-state index contributed by atoms with van der Waals surface area (Å²) in [7, 11) is 0. The van der Waals surface area contributed by atoms with Gasteiger partial charge in [0.2, 0.25) is 5.91 Å². The summed E-state index contributed by atoms with van der Waals surface area (Å²) in [5.41, 5.74) is -0.757. The number of anilines is 1. The summed E-state index contributed by atoms with van der Waals surface area (Å²) in [6.07, 6.45) is 0. The molecule has 0 atom stereocenters. The van der Waals surface area contributed by atoms with Crippen LogP contribution in [-0.4, -0.2) is 5.91 Å². The minimum Gasteiger partial charge on any atom is -0.321 e. The molecule has 0 spiro atoms. The molecule has 1 N–H and O–H groups in total. The van der Waals surface area contributed by atoms with Crippen LogP contribution in [0.1, 0.15) is 6.92 Å². The van der Waals surface area contributed by atoms with Gasteiger partial charge in [-0.1, -0.05) is 0 Å². The fourth-order valence-electron chi connectivity index (χ4n) is 0.818. The SMILES string of the molecule is CC(=O)Nc1c(F)ccc(F)c1F. The molecule has 0 aromatic heterocycles. The average molecular weight is 189 g/mol. The van der Waals surface area contributed by atoms with E-state index in [4.69, 9.17) is 0 Å². The van der Waals surface area contributed by atoms with E-state index in [1.54, 1.807) is 0 Å². The highest BCUT2D eigenvalue weighted by molar-refractivity contribution is 5.88. The van der Waals surface area contributed by atoms with Crippen LogP contribution in [0.15, 0.2) is 12.1 Å². The van der Waals surface area contributed by atoms with E-state index < -0.39 is 29.0 Å². The number of carbonyl (C=O) groups excluding carboxylic acids is 1. The molecule has 1 aromatic rings. The second kappa shape index (κ2) is 3.47. The lowest BCUT2D eigenvalue weighted by Gasteiger charge is -2.04. The third-order valence-corrected chi connectivity index (χ3v) is 1.35. The van der Waals surface area contributed by atoms with Crippen molar-refractivity contribution in [1.29, 1.82) is 0 Å². The third-order valence-electron chi connectivity index (χ3n) is 1.35. The van der Waals surface area contributed by atoms with Gasteiger partial charge >= 0.3 is 0 Å². The first kappa shape index (κ1) is 9.57. The van der Waals surface area contributed by atoms with Crippen molar-refractivity contribution < 1.29 is 18.0 Å². The fraction of sp³-hybridized carbons (Fsp3) is 0.125. The van der Waals surface area contributed by atoms with Crippen LogP contribution < -0.4 is 5.32 Å². The smallest absolute Gasteiger partial charge is 0.221 e. The highest BCUT2D eigenvalue weighted by Crippen LogP contribution is 2.20. The van der Waals surface area contributed by atoms with E-state index in [1.807, 2.05) is 5.32 Å². The summed E-state index contributed by atoms with van der Waals surface area (Å²) in [5, 5.41) is 1.85. The molecule has 0 aliphatic rings. The first-order chi connectivity index (χ1) is 6.02. The average Bonchev–Trinajstić information content (AvgIpc) is 2.05. The lowest BCUT2D eigenvalue weighted by Crippen LogP contribution is -2.10. The molecule has 1 aromatic carbocycles. The number of nitrogens with one attached hydrogen (secondary N) is 1. The van der Waals surface area contributed by atoms with Crippen LogP contribution in [0.4, 0.5) is 18.9 Å². The fourth-order valence-corrected chi connectivity index (χ4v) is 0.818. The van der Waals surface area contributed by atoms with Crippen molar-refractivity contribution >= 4 is 11.6 Å². The van der Waals surface area contributed by atoms with E-state index in [0.29, 0.717) is 6.07 Å². The maximum absolute atomic E-state index is 12.8. The molecular weight excluding hydrogens is 183 g/mol. The van der Waals surface area contributed by atoms with Gasteiger partial charge in [0.1, 0.15) is 11.5 Å². The van der Waals surface area contributed by atoms with Gasteiger partial charge in [-0.05, 0) is 12.1 Å². The monoisotopic (exact) mass is 189 g/mol. The molecule has 0 fully saturated rings. The molecule has 0 heterocycles. The summed E-state index contributed by atoms with van der Waals surface area (Å²) in [4.78, 5) is 10.5. The molecule has 0 unspecified atom stereocenters. The number of carbonyl (C=O) groups is 1. The second-order valence-electron chi connectivity index (χ2n) is 2.40. The Hall–Kier alpha value is -1.52. The molecule has 13 heavy (non-hydrogen) atoms. The molecular formula is C8H6F3NO. The first-order valence-corrected chi connectivity index (χ1v) is 3.43. The molecule has 2 nitrogen and oxygen atoms in total. The molecule has 0 radical (unpaired) electrons. The summed E-state index contributed by atoms with van der Waals surface area (Å²) < 4.78 is 38.1. The third kappa shape index (κ3) is 1.99. The maximum Gasteiger partial charge on any atom is 0.221 e. The number of rotatable bonds is 1. The molecule has 0 aliphatic heterocycles. The van der Waals surface area contributed by atoms with E-state index >= 15 is 0 Å². The standard InChI is InChI=1S/C8H6F3NO/c1-4(13)12-8-6(10)3-2-5(9)7(8)11/h2-3H,1H3,(H,12,13). The van der Waals surface area contributed by atoms with Crippen LogP contribution in [0, 0.1) is 17.5 Å². The summed E-state index contributed by atoms with van der Waals surface area (Å²) in [6, 6.07) is 1.39. The van der Waals surface area contributed by atoms with Gasteiger partial charge in [-0.15, -0.1) is 0 Å². The molecule has 5 heteroatoms. The Morgan fingerprint density at radius 2 is 1.77 bits per heavy atom. The van der Waals surface area contributed by atoms with E-state index in [0.717, 1.165) is 13.0 Å². The van der Waals surface area contributed by atoms with Gasteiger partial charge in [-0.3, -0.25) is 4.79 Å². The molecule has 0 saturated heterocycles. The Labute approximate surface area is 72.4 Å². The van der Waals surface area contributed by atoms with Gasteiger partial charge in [-0.2, -0.15) is 0 Å². The van der Waals surface area contributed by atoms with Crippen molar-refractivity contribution in [3.63, 3.8) is 0 Å². The summed E-state index contributed by atoms with van der Waals surface area (Å²) in [6.45, 7) is 1.07. The van der Waals surface area contributed by atoms with E-state index in [2.05, 4.69) is 0 Å². The van der Waals surface area contributed by atoms with Crippen molar-refractivity contribution in [2.45, 2.75) is 6.92 Å². The minimum absolute atomic E-state index is 0.649. The predicted octanol–water partition coefficient (Wildman–Crippen LogP) is 2.06. The van der Waals surface area contributed by atoms with E-state index in [1.165, 1.54) is 0 Å². The second-order valence-corrected chi connectivity index (χ2v) is 2.40. The van der Waals surface area contributed by atoms with Crippen LogP contribution in [0.25, 0.3) is 0 Å². The number of halogens is 3. The highest BCUT2D eigenvalue weighted by atomic mass is 19.2. The quantitative estimate of drug-likeness (QED) is 0.673. The molecule has 0 aliphatic carbocycles. The first-order valence-electron chi connectivity index (χ1n) is 3.43. The van der Waals surface area contributed by atoms with Crippen LogP contribution in [0.5, 0.6) is 0 Å². The zero-order valence-electron chi connectivity index (χ0n) is 6.70. The molecule has 1 amide bonds. The minimum atomic E-state index is -1.39. The molecule has 70 valence electrons. The Morgan fingerprint density at radius 3 is 2.31 bits per heavy atom. The lowest BCUT2D eigenvalue weighted by atomic mass is 10.2. The van der Waals surface area contributed by atoms with Gasteiger partial charge in [-0.25, -0.2) is 13.2 Å². The van der Waals surface area contributed by atoms with Gasteiger partial charge in [0, 0.05) is 6.92 Å². The van der Waals surface area contributed by atoms with Crippen molar-refractivity contribution in [1.82, 2.24) is 0 Å². The van der Waals surface area contributed by atoms with Crippen molar-refractivity contribution in [2.75, 3.05) is 5.32 Å². The van der Waals surface area contributed by atoms with E-state index in [-0.39, 0.29) is 0 Å². The van der Waals surface area contributed by atoms with Crippen molar-refractivity contribution in [3.8, 4) is 0 Å². The maximum atomic E-state index is 12.8. The van der Waals surface area contributed by atoms with Crippen molar-refractivity contribution in [2.24, 2.45) is 0 Å². The molecule has 1 rings (SSSR count). The number of amides is 1. The molecule has 0 bridgehead atoms. The molecule has 0 saturated carbocycles. The van der Waals surface area contributed by atoms with Gasteiger partial charge in [0.15, 0.2) is 11.6 Å². The summed E-state index contributed by atoms with van der Waals surface area (Å²) in [5.74, 6) is -4.27. The van der Waals surface area contributed by atoms with Gasteiger partial charge in [0.25, 0.3) is 0 Å². The zero-order valence-corrected chi connectivity index (χ0v) is 6.70. The predicted molar refractivity (Wildman–Crippen MR) is 40.6 cm³/mol. The summed E-state index contributed by atoms with van der Waals surface area (Å²) >= 11 is 0. The van der Waals surface area contributed by atoms with Crippen LogP contribution in [0.2, 0.25) is 0 Å². The zero-order chi connectivity index (χ0) is 10.0. The Morgan fingerprint density at radius 1 is 1.23 bits per heavy atom.